The van der Waals surface area contributed by atoms with E-state index in [0.29, 0.717) is 13.1 Å². The highest BCUT2D eigenvalue weighted by atomic mass is 127. The Bertz CT molecular complexity index is 777. The number of halogens is 1. The van der Waals surface area contributed by atoms with Crippen LogP contribution in [0.4, 0.5) is 0 Å². The predicted molar refractivity (Wildman–Crippen MR) is 137 cm³/mol. The Hall–Kier alpha value is -1.17. The Kier molecular flexibility index (Phi) is 11.3. The molecule has 2 atom stereocenters. The van der Waals surface area contributed by atoms with Crippen molar-refractivity contribution in [2.45, 2.75) is 51.8 Å². The fourth-order valence-electron chi connectivity index (χ4n) is 3.74. The van der Waals surface area contributed by atoms with Gasteiger partial charge in [0, 0.05) is 26.1 Å². The third-order valence-corrected chi connectivity index (χ3v) is 6.54. The van der Waals surface area contributed by atoms with Crippen molar-refractivity contribution < 1.29 is 9.15 Å². The highest BCUT2D eigenvalue weighted by Gasteiger charge is 2.24. The topological polar surface area (TPSA) is 66.1 Å². The molecule has 0 aliphatic carbocycles. The van der Waals surface area contributed by atoms with Gasteiger partial charge in [-0.2, -0.15) is 0 Å². The van der Waals surface area contributed by atoms with Gasteiger partial charge in [0.15, 0.2) is 5.96 Å². The summed E-state index contributed by atoms with van der Waals surface area (Å²) in [5.74, 6) is 1.89. The third kappa shape index (κ3) is 7.44. The largest absolute Gasteiger partial charge is 0.468 e. The van der Waals surface area contributed by atoms with Gasteiger partial charge in [-0.25, -0.2) is 4.98 Å². The van der Waals surface area contributed by atoms with Crippen LogP contribution in [0.15, 0.2) is 33.2 Å². The van der Waals surface area contributed by atoms with Crippen molar-refractivity contribution in [3.05, 3.63) is 40.2 Å². The van der Waals surface area contributed by atoms with Crippen LogP contribution in [0.1, 0.15) is 61.7 Å². The second-order valence-corrected chi connectivity index (χ2v) is 8.62. The number of piperidine rings is 1. The standard InChI is InChI=1S/C22H35N5O2S.HI/c1-5-23-22(26(3)15-18-16-30-21(25-18)17(2)28-4)24-14-19(20-10-9-13-29-20)27-11-7-6-8-12-27;/h9-10,13,16-17,19H,5-8,11-12,14-15H2,1-4H3,(H,23,24);1H. The zero-order chi connectivity index (χ0) is 21.3. The van der Waals surface area contributed by atoms with Crippen LogP contribution in [0.2, 0.25) is 0 Å². The van der Waals surface area contributed by atoms with Crippen LogP contribution in [0.3, 0.4) is 0 Å². The van der Waals surface area contributed by atoms with Crippen molar-refractivity contribution in [2.75, 3.05) is 40.3 Å². The van der Waals surface area contributed by atoms with Crippen LogP contribution in [-0.2, 0) is 11.3 Å². The van der Waals surface area contributed by atoms with Crippen molar-refractivity contribution in [1.82, 2.24) is 20.1 Å². The molecule has 0 radical (unpaired) electrons. The van der Waals surface area contributed by atoms with Crippen molar-refractivity contribution in [2.24, 2.45) is 4.99 Å². The molecule has 1 aliphatic rings. The molecule has 2 unspecified atom stereocenters. The van der Waals surface area contributed by atoms with Gasteiger partial charge in [0.05, 0.1) is 31.1 Å². The summed E-state index contributed by atoms with van der Waals surface area (Å²) in [7, 11) is 3.77. The molecule has 3 rings (SSSR count). The van der Waals surface area contributed by atoms with E-state index in [1.807, 2.05) is 13.0 Å². The molecule has 0 saturated carbocycles. The molecular formula is C22H36IN5O2S. The van der Waals surface area contributed by atoms with E-state index in [0.717, 1.165) is 42.1 Å². The molecule has 1 N–H and O–H groups in total. The summed E-state index contributed by atoms with van der Waals surface area (Å²) >= 11 is 1.64. The first kappa shape index (κ1) is 26.1. The molecule has 0 aromatic carbocycles. The van der Waals surface area contributed by atoms with Crippen LogP contribution >= 0.6 is 35.3 Å². The zero-order valence-corrected chi connectivity index (χ0v) is 22.2. The molecule has 31 heavy (non-hydrogen) atoms. The molecule has 3 heterocycles. The Labute approximate surface area is 207 Å². The molecule has 2 aromatic rings. The van der Waals surface area contributed by atoms with Gasteiger partial charge in [-0.05, 0) is 51.9 Å². The number of methoxy groups -OCH3 is 1. The van der Waals surface area contributed by atoms with Gasteiger partial charge in [0.25, 0.3) is 0 Å². The number of nitrogens with one attached hydrogen (secondary N) is 1. The molecule has 1 fully saturated rings. The number of hydrogen-bond donors (Lipinski definition) is 1. The second kappa shape index (κ2) is 13.4. The van der Waals surface area contributed by atoms with Crippen molar-refractivity contribution >= 4 is 41.3 Å². The number of thiazole rings is 1. The number of ether oxygens (including phenoxy) is 1. The number of aromatic nitrogens is 1. The van der Waals surface area contributed by atoms with Gasteiger partial charge in [0.1, 0.15) is 16.9 Å². The van der Waals surface area contributed by atoms with E-state index in [-0.39, 0.29) is 36.1 Å². The number of furan rings is 1. The lowest BCUT2D eigenvalue weighted by atomic mass is 10.1. The van der Waals surface area contributed by atoms with Crippen LogP contribution in [0, 0.1) is 0 Å². The molecule has 0 bridgehead atoms. The van der Waals surface area contributed by atoms with Crippen LogP contribution in [0.5, 0.6) is 0 Å². The number of aliphatic imine (C=N–C) groups is 1. The SMILES string of the molecule is CCNC(=NCC(c1ccco1)N1CCCCC1)N(C)Cc1csc(C(C)OC)n1.I. The van der Waals surface area contributed by atoms with Crippen molar-refractivity contribution in [3.63, 3.8) is 0 Å². The highest BCUT2D eigenvalue weighted by molar-refractivity contribution is 14.0. The maximum Gasteiger partial charge on any atom is 0.194 e. The van der Waals surface area contributed by atoms with Gasteiger partial charge in [0.2, 0.25) is 0 Å². The summed E-state index contributed by atoms with van der Waals surface area (Å²) in [5, 5.41) is 6.53. The Morgan fingerprint density at radius 1 is 1.39 bits per heavy atom. The highest BCUT2D eigenvalue weighted by Crippen LogP contribution is 2.26. The normalized spacial score (nSPS) is 17.1. The summed E-state index contributed by atoms with van der Waals surface area (Å²) in [6.45, 7) is 8.52. The van der Waals surface area contributed by atoms with Crippen molar-refractivity contribution in [1.29, 1.82) is 0 Å². The Morgan fingerprint density at radius 3 is 2.81 bits per heavy atom. The minimum Gasteiger partial charge on any atom is -0.468 e. The summed E-state index contributed by atoms with van der Waals surface area (Å²) in [6.07, 6.45) is 5.58. The number of hydrogen-bond acceptors (Lipinski definition) is 6. The van der Waals surface area contributed by atoms with Gasteiger partial charge in [-0.3, -0.25) is 9.89 Å². The summed E-state index contributed by atoms with van der Waals surface area (Å²) < 4.78 is 11.2. The molecule has 0 amide bonds. The van der Waals surface area contributed by atoms with E-state index in [9.17, 15) is 0 Å². The van der Waals surface area contributed by atoms with Crippen LogP contribution in [-0.4, -0.2) is 61.1 Å². The number of rotatable bonds is 9. The summed E-state index contributed by atoms with van der Waals surface area (Å²) in [4.78, 5) is 14.3. The average Bonchev–Trinajstić information content (AvgIpc) is 3.46. The molecule has 9 heteroatoms. The Morgan fingerprint density at radius 2 is 2.16 bits per heavy atom. The molecule has 1 saturated heterocycles. The molecule has 1 aliphatic heterocycles. The number of nitrogens with zero attached hydrogens (tertiary/aromatic N) is 4. The van der Waals surface area contributed by atoms with Gasteiger partial charge in [-0.15, -0.1) is 35.3 Å². The maximum atomic E-state index is 5.77. The lowest BCUT2D eigenvalue weighted by Crippen LogP contribution is -2.40. The third-order valence-electron chi connectivity index (χ3n) is 5.48. The average molecular weight is 562 g/mol. The lowest BCUT2D eigenvalue weighted by Gasteiger charge is -2.33. The second-order valence-electron chi connectivity index (χ2n) is 7.73. The van der Waals surface area contributed by atoms with Gasteiger partial charge < -0.3 is 19.4 Å². The van der Waals surface area contributed by atoms with Crippen LogP contribution in [0.25, 0.3) is 0 Å². The maximum absolute atomic E-state index is 5.77. The summed E-state index contributed by atoms with van der Waals surface area (Å²) in [5.41, 5.74) is 1.03. The minimum atomic E-state index is 0. The number of guanidine groups is 1. The van der Waals surface area contributed by atoms with E-state index >= 15 is 0 Å². The van der Waals surface area contributed by atoms with E-state index in [2.05, 4.69) is 40.5 Å². The molecular weight excluding hydrogens is 525 g/mol. The predicted octanol–water partition coefficient (Wildman–Crippen LogP) is 4.69. The first-order valence-corrected chi connectivity index (χ1v) is 11.7. The monoisotopic (exact) mass is 561 g/mol. The molecule has 2 aromatic heterocycles. The van der Waals surface area contributed by atoms with Gasteiger partial charge in [-0.1, -0.05) is 6.42 Å². The number of likely N-dealkylation sites (tertiary alicyclic amines) is 1. The van der Waals surface area contributed by atoms with Gasteiger partial charge >= 0.3 is 0 Å². The fraction of sp³-hybridized carbons (Fsp3) is 0.636. The van der Waals surface area contributed by atoms with E-state index < -0.39 is 0 Å². The van der Waals surface area contributed by atoms with E-state index in [1.165, 1.54) is 19.3 Å². The quantitative estimate of drug-likeness (QED) is 0.273. The summed E-state index contributed by atoms with van der Waals surface area (Å²) in [6, 6.07) is 4.21. The lowest BCUT2D eigenvalue weighted by molar-refractivity contribution is 0.119. The fourth-order valence-corrected chi connectivity index (χ4v) is 4.58. The molecule has 7 nitrogen and oxygen atoms in total. The van der Waals surface area contributed by atoms with E-state index in [4.69, 9.17) is 19.1 Å². The molecule has 174 valence electrons. The zero-order valence-electron chi connectivity index (χ0n) is 19.0. The van der Waals surface area contributed by atoms with Crippen molar-refractivity contribution in [3.8, 4) is 0 Å². The first-order chi connectivity index (χ1) is 14.6. The van der Waals surface area contributed by atoms with Crippen LogP contribution < -0.4 is 5.32 Å². The minimum absolute atomic E-state index is 0. The Balaban J connectivity index is 0.00000341. The molecule has 0 spiro atoms. The van der Waals surface area contributed by atoms with E-state index in [1.54, 1.807) is 24.7 Å². The first-order valence-electron chi connectivity index (χ1n) is 10.9. The smallest absolute Gasteiger partial charge is 0.194 e.